The molecule has 0 radical (unpaired) electrons. The first kappa shape index (κ1) is 18.9. The fraction of sp³-hybridized carbons (Fsp3) is 0.412. The minimum atomic E-state index is -3.32. The van der Waals surface area contributed by atoms with Crippen molar-refractivity contribution in [1.29, 1.82) is 0 Å². The van der Waals surface area contributed by atoms with Gasteiger partial charge in [0.15, 0.2) is 0 Å². The summed E-state index contributed by atoms with van der Waals surface area (Å²) < 4.78 is 25.9. The number of rotatable bonds is 3. The first-order chi connectivity index (χ1) is 12.3. The molecule has 26 heavy (non-hydrogen) atoms. The number of aromatic nitrogens is 2. The summed E-state index contributed by atoms with van der Waals surface area (Å²) in [5, 5.41) is 0.594. The molecule has 1 aromatic carbocycles. The van der Waals surface area contributed by atoms with Crippen molar-refractivity contribution < 1.29 is 8.42 Å². The van der Waals surface area contributed by atoms with Crippen LogP contribution in [0.2, 0.25) is 5.02 Å². The van der Waals surface area contributed by atoms with E-state index in [0.29, 0.717) is 36.9 Å². The number of hydrogen-bond acceptors (Lipinski definition) is 6. The minimum absolute atomic E-state index is 0.196. The lowest BCUT2D eigenvalue weighted by molar-refractivity contribution is 0.410. The van der Waals surface area contributed by atoms with E-state index in [1.54, 1.807) is 0 Å². The average Bonchev–Trinajstić information content (AvgIpc) is 2.77. The Kier molecular flexibility index (Phi) is 5.36. The lowest BCUT2D eigenvalue weighted by Gasteiger charge is -2.33. The van der Waals surface area contributed by atoms with Crippen LogP contribution in [0.25, 0.3) is 0 Å². The van der Waals surface area contributed by atoms with E-state index in [2.05, 4.69) is 14.9 Å². The van der Waals surface area contributed by atoms with Crippen LogP contribution in [-0.2, 0) is 10.0 Å². The third-order valence-electron chi connectivity index (χ3n) is 4.44. The Hall–Kier alpha value is -1.90. The molecule has 1 aliphatic rings. The molecular weight excluding hydrogens is 374 g/mol. The Bertz CT molecular complexity index is 886. The summed E-state index contributed by atoms with van der Waals surface area (Å²) in [4.78, 5) is 10.6. The smallest absolute Gasteiger partial charge is 0.222 e. The fourth-order valence-corrected chi connectivity index (χ4v) is 4.40. The van der Waals surface area contributed by atoms with Crippen molar-refractivity contribution in [1.82, 2.24) is 14.3 Å². The molecule has 0 spiro atoms. The maximum Gasteiger partial charge on any atom is 0.222 e. The van der Waals surface area contributed by atoms with Gasteiger partial charge in [0.25, 0.3) is 0 Å². The number of anilines is 2. The molecular formula is C17H22ClN5O2S. The number of nitrogen functional groups attached to an aromatic ring is 1. The SMILES string of the molecule is Cc1cc(N2CCCN(S(C)(=O)=O)CC2c2ccccc2Cl)nc(N)n1. The van der Waals surface area contributed by atoms with Crippen LogP contribution in [0.15, 0.2) is 30.3 Å². The van der Waals surface area contributed by atoms with E-state index >= 15 is 0 Å². The van der Waals surface area contributed by atoms with Crippen molar-refractivity contribution in [2.24, 2.45) is 0 Å². The Morgan fingerprint density at radius 3 is 2.62 bits per heavy atom. The number of sulfonamides is 1. The maximum absolute atomic E-state index is 12.2. The molecule has 2 N–H and O–H groups in total. The van der Waals surface area contributed by atoms with Gasteiger partial charge in [0.1, 0.15) is 5.82 Å². The standard InChI is InChI=1S/C17H22ClN5O2S/c1-12-10-16(21-17(19)20-12)23-9-5-8-22(26(2,24)25)11-15(23)13-6-3-4-7-14(13)18/h3-4,6-7,10,15H,5,8-9,11H2,1-2H3,(H2,19,20,21). The molecule has 1 saturated heterocycles. The predicted octanol–water partition coefficient (Wildman–Crippen LogP) is 2.23. The van der Waals surface area contributed by atoms with Gasteiger partial charge in [0, 0.05) is 36.4 Å². The molecule has 0 amide bonds. The van der Waals surface area contributed by atoms with E-state index in [-0.39, 0.29) is 12.0 Å². The highest BCUT2D eigenvalue weighted by atomic mass is 35.5. The first-order valence-corrected chi connectivity index (χ1v) is 10.6. The van der Waals surface area contributed by atoms with Gasteiger partial charge in [0.05, 0.1) is 12.3 Å². The summed E-state index contributed by atoms with van der Waals surface area (Å²) in [6, 6.07) is 9.07. The van der Waals surface area contributed by atoms with E-state index in [1.165, 1.54) is 10.6 Å². The van der Waals surface area contributed by atoms with Crippen LogP contribution in [-0.4, -0.2) is 48.6 Å². The van der Waals surface area contributed by atoms with Crippen LogP contribution in [0, 0.1) is 6.92 Å². The summed E-state index contributed by atoms with van der Waals surface area (Å²) in [5.74, 6) is 0.873. The Labute approximate surface area is 158 Å². The van der Waals surface area contributed by atoms with Crippen molar-refractivity contribution >= 4 is 33.4 Å². The van der Waals surface area contributed by atoms with E-state index in [1.807, 2.05) is 37.3 Å². The van der Waals surface area contributed by atoms with Crippen LogP contribution < -0.4 is 10.6 Å². The van der Waals surface area contributed by atoms with Gasteiger partial charge in [-0.2, -0.15) is 9.29 Å². The molecule has 0 aliphatic carbocycles. The van der Waals surface area contributed by atoms with Gasteiger partial charge < -0.3 is 10.6 Å². The maximum atomic E-state index is 12.2. The zero-order valence-electron chi connectivity index (χ0n) is 14.8. The highest BCUT2D eigenvalue weighted by Crippen LogP contribution is 2.34. The van der Waals surface area contributed by atoms with Gasteiger partial charge in [-0.15, -0.1) is 0 Å². The fourth-order valence-electron chi connectivity index (χ4n) is 3.26. The largest absolute Gasteiger partial charge is 0.368 e. The zero-order valence-corrected chi connectivity index (χ0v) is 16.3. The topological polar surface area (TPSA) is 92.4 Å². The zero-order chi connectivity index (χ0) is 18.9. The normalized spacial score (nSPS) is 19.3. The molecule has 140 valence electrons. The predicted molar refractivity (Wildman–Crippen MR) is 104 cm³/mol. The second kappa shape index (κ2) is 7.38. The molecule has 2 aromatic rings. The van der Waals surface area contributed by atoms with Crippen LogP contribution in [0.1, 0.15) is 23.7 Å². The highest BCUT2D eigenvalue weighted by molar-refractivity contribution is 7.88. The number of hydrogen-bond donors (Lipinski definition) is 1. The molecule has 7 nitrogen and oxygen atoms in total. The Morgan fingerprint density at radius 1 is 1.23 bits per heavy atom. The van der Waals surface area contributed by atoms with Gasteiger partial charge >= 0.3 is 0 Å². The minimum Gasteiger partial charge on any atom is -0.368 e. The average molecular weight is 396 g/mol. The number of aryl methyl sites for hydroxylation is 1. The summed E-state index contributed by atoms with van der Waals surface area (Å²) in [6.45, 7) is 3.24. The molecule has 0 bridgehead atoms. The molecule has 1 aliphatic heterocycles. The monoisotopic (exact) mass is 395 g/mol. The molecule has 1 atom stereocenters. The number of nitrogens with two attached hydrogens (primary N) is 1. The van der Waals surface area contributed by atoms with Gasteiger partial charge in [-0.25, -0.2) is 13.4 Å². The molecule has 0 saturated carbocycles. The van der Waals surface area contributed by atoms with Crippen molar-refractivity contribution in [3.63, 3.8) is 0 Å². The quantitative estimate of drug-likeness (QED) is 0.856. The number of nitrogens with zero attached hydrogens (tertiary/aromatic N) is 4. The van der Waals surface area contributed by atoms with Crippen LogP contribution in [0.5, 0.6) is 0 Å². The van der Waals surface area contributed by atoms with Crippen molar-refractivity contribution in [3.05, 3.63) is 46.6 Å². The van der Waals surface area contributed by atoms with Gasteiger partial charge in [-0.05, 0) is 25.0 Å². The van der Waals surface area contributed by atoms with Crippen LogP contribution >= 0.6 is 11.6 Å². The molecule has 1 fully saturated rings. The van der Waals surface area contributed by atoms with Gasteiger partial charge in [0.2, 0.25) is 16.0 Å². The van der Waals surface area contributed by atoms with Gasteiger partial charge in [-0.1, -0.05) is 29.8 Å². The van der Waals surface area contributed by atoms with E-state index in [0.717, 1.165) is 11.3 Å². The number of benzene rings is 1. The molecule has 9 heteroatoms. The van der Waals surface area contributed by atoms with Crippen LogP contribution in [0.4, 0.5) is 11.8 Å². The first-order valence-electron chi connectivity index (χ1n) is 8.33. The van der Waals surface area contributed by atoms with Crippen molar-refractivity contribution in [2.75, 3.05) is 36.5 Å². The third kappa shape index (κ3) is 4.08. The second-order valence-corrected chi connectivity index (χ2v) is 8.82. The van der Waals surface area contributed by atoms with E-state index < -0.39 is 10.0 Å². The summed E-state index contributed by atoms with van der Waals surface area (Å²) >= 11 is 6.44. The van der Waals surface area contributed by atoms with E-state index in [4.69, 9.17) is 17.3 Å². The molecule has 1 aromatic heterocycles. The summed E-state index contributed by atoms with van der Waals surface area (Å²) in [7, 11) is -3.32. The van der Waals surface area contributed by atoms with Crippen molar-refractivity contribution in [2.45, 2.75) is 19.4 Å². The van der Waals surface area contributed by atoms with Gasteiger partial charge in [-0.3, -0.25) is 0 Å². The second-order valence-electron chi connectivity index (χ2n) is 6.43. The lowest BCUT2D eigenvalue weighted by atomic mass is 10.1. The Balaban J connectivity index is 2.09. The summed E-state index contributed by atoms with van der Waals surface area (Å²) in [6.07, 6.45) is 1.91. The van der Waals surface area contributed by atoms with Crippen LogP contribution in [0.3, 0.4) is 0 Å². The van der Waals surface area contributed by atoms with Crippen molar-refractivity contribution in [3.8, 4) is 0 Å². The van der Waals surface area contributed by atoms with E-state index in [9.17, 15) is 8.42 Å². The molecule has 2 heterocycles. The molecule has 1 unspecified atom stereocenters. The summed E-state index contributed by atoms with van der Waals surface area (Å²) in [5.41, 5.74) is 7.45. The molecule has 3 rings (SSSR count). The Morgan fingerprint density at radius 2 is 1.96 bits per heavy atom. The number of halogens is 1. The lowest BCUT2D eigenvalue weighted by Crippen LogP contribution is -2.37. The highest BCUT2D eigenvalue weighted by Gasteiger charge is 2.32. The third-order valence-corrected chi connectivity index (χ3v) is 6.06.